The number of likely N-dealkylation sites (tertiary alicyclic amines) is 1. The minimum absolute atomic E-state index is 0.163. The maximum atomic E-state index is 13.1. The highest BCUT2D eigenvalue weighted by Gasteiger charge is 2.30. The van der Waals surface area contributed by atoms with Gasteiger partial charge in [0.2, 0.25) is 0 Å². The summed E-state index contributed by atoms with van der Waals surface area (Å²) in [5.41, 5.74) is 0. The van der Waals surface area contributed by atoms with E-state index in [2.05, 4.69) is 26.9 Å². The molecular weight excluding hydrogens is 356 g/mol. The third-order valence-electron chi connectivity index (χ3n) is 5.85. The largest absolute Gasteiger partial charge is 0.337 e. The van der Waals surface area contributed by atoms with Crippen molar-refractivity contribution in [1.82, 2.24) is 19.7 Å². The number of amides is 1. The van der Waals surface area contributed by atoms with Gasteiger partial charge in [-0.15, -0.1) is 21.5 Å². The summed E-state index contributed by atoms with van der Waals surface area (Å²) in [5, 5.41) is 10.2. The average Bonchev–Trinajstić information content (AvgIpc) is 3.25. The van der Waals surface area contributed by atoms with E-state index in [9.17, 15) is 4.79 Å². The molecule has 2 aliphatic rings. The first-order valence-corrected chi connectivity index (χ1v) is 10.8. The summed E-state index contributed by atoms with van der Waals surface area (Å²) in [7, 11) is 0. The molecule has 0 radical (unpaired) electrons. The van der Waals surface area contributed by atoms with Gasteiger partial charge in [0.15, 0.2) is 0 Å². The Hall–Kier alpha value is -2.21. The summed E-state index contributed by atoms with van der Waals surface area (Å²) in [6.07, 6.45) is 6.83. The van der Waals surface area contributed by atoms with Gasteiger partial charge in [0, 0.05) is 36.7 Å². The Bertz CT molecular complexity index is 943. The number of thiophene rings is 1. The van der Waals surface area contributed by atoms with Crippen LogP contribution in [0, 0.1) is 0 Å². The summed E-state index contributed by atoms with van der Waals surface area (Å²) in [6, 6.07) is 10.3. The highest BCUT2D eigenvalue weighted by Crippen LogP contribution is 2.31. The van der Waals surface area contributed by atoms with Gasteiger partial charge < -0.3 is 9.47 Å². The van der Waals surface area contributed by atoms with Gasteiger partial charge in [0.1, 0.15) is 11.6 Å². The maximum absolute atomic E-state index is 13.1. The second-order valence-electron chi connectivity index (χ2n) is 7.68. The molecule has 1 amide bonds. The molecule has 1 atom stereocenters. The van der Waals surface area contributed by atoms with Gasteiger partial charge in [-0.3, -0.25) is 4.79 Å². The van der Waals surface area contributed by atoms with E-state index in [0.29, 0.717) is 5.92 Å². The van der Waals surface area contributed by atoms with E-state index in [-0.39, 0.29) is 5.91 Å². The Balaban J connectivity index is 1.38. The monoisotopic (exact) mass is 380 g/mol. The van der Waals surface area contributed by atoms with E-state index in [4.69, 9.17) is 0 Å². The number of fused-ring (bicyclic) bond motifs is 2. The molecule has 1 saturated heterocycles. The SMILES string of the molecule is O=C(c1cc2ccccc2s1)N1CCCC(c2nnc3n2CCCCC3)C1. The second kappa shape index (κ2) is 7.08. The number of hydrogen-bond acceptors (Lipinski definition) is 4. The number of piperidine rings is 1. The third kappa shape index (κ3) is 3.16. The van der Waals surface area contributed by atoms with Crippen molar-refractivity contribution in [3.8, 4) is 0 Å². The zero-order valence-corrected chi connectivity index (χ0v) is 16.2. The number of benzene rings is 1. The molecule has 0 bridgehead atoms. The van der Waals surface area contributed by atoms with Crippen molar-refractivity contribution >= 4 is 27.3 Å². The molecule has 1 fully saturated rings. The van der Waals surface area contributed by atoms with Crippen molar-refractivity contribution in [3.05, 3.63) is 46.9 Å². The minimum atomic E-state index is 0.163. The first-order chi connectivity index (χ1) is 13.3. The van der Waals surface area contributed by atoms with E-state index >= 15 is 0 Å². The van der Waals surface area contributed by atoms with Gasteiger partial charge in [0.25, 0.3) is 5.91 Å². The van der Waals surface area contributed by atoms with E-state index < -0.39 is 0 Å². The van der Waals surface area contributed by atoms with Crippen LogP contribution in [0.1, 0.15) is 59.3 Å². The Morgan fingerprint density at radius 3 is 2.93 bits per heavy atom. The molecule has 2 aromatic heterocycles. The van der Waals surface area contributed by atoms with Crippen molar-refractivity contribution in [1.29, 1.82) is 0 Å². The lowest BCUT2D eigenvalue weighted by molar-refractivity contribution is 0.0708. The molecule has 2 aliphatic heterocycles. The van der Waals surface area contributed by atoms with Crippen molar-refractivity contribution in [3.63, 3.8) is 0 Å². The van der Waals surface area contributed by atoms with Gasteiger partial charge in [-0.05, 0) is 43.2 Å². The molecule has 1 aromatic carbocycles. The van der Waals surface area contributed by atoms with E-state index in [1.54, 1.807) is 11.3 Å². The molecule has 0 N–H and O–H groups in total. The molecule has 0 spiro atoms. The summed E-state index contributed by atoms with van der Waals surface area (Å²) in [4.78, 5) is 16.0. The number of hydrogen-bond donors (Lipinski definition) is 0. The molecule has 3 aromatic rings. The predicted molar refractivity (Wildman–Crippen MR) is 107 cm³/mol. The van der Waals surface area contributed by atoms with Crippen LogP contribution in [0.15, 0.2) is 30.3 Å². The van der Waals surface area contributed by atoms with Crippen molar-refractivity contribution in [2.75, 3.05) is 13.1 Å². The fraction of sp³-hybridized carbons (Fsp3) is 0.476. The molecule has 5 rings (SSSR count). The smallest absolute Gasteiger partial charge is 0.263 e. The van der Waals surface area contributed by atoms with E-state index in [1.165, 1.54) is 24.0 Å². The minimum Gasteiger partial charge on any atom is -0.337 e. The van der Waals surface area contributed by atoms with Gasteiger partial charge in [-0.2, -0.15) is 0 Å². The number of rotatable bonds is 2. The van der Waals surface area contributed by atoms with Gasteiger partial charge in [-0.1, -0.05) is 24.6 Å². The van der Waals surface area contributed by atoms with Crippen LogP contribution in [0.2, 0.25) is 0 Å². The predicted octanol–water partition coefficient (Wildman–Crippen LogP) is 4.24. The Morgan fingerprint density at radius 2 is 2.00 bits per heavy atom. The molecule has 0 aliphatic carbocycles. The molecule has 140 valence electrons. The lowest BCUT2D eigenvalue weighted by atomic mass is 9.97. The van der Waals surface area contributed by atoms with Crippen LogP contribution in [-0.2, 0) is 13.0 Å². The lowest BCUT2D eigenvalue weighted by Crippen LogP contribution is -2.39. The Labute approximate surface area is 163 Å². The molecule has 1 unspecified atom stereocenters. The van der Waals surface area contributed by atoms with Gasteiger partial charge in [0.05, 0.1) is 4.88 Å². The Morgan fingerprint density at radius 1 is 1.07 bits per heavy atom. The standard InChI is InChI=1S/C21H24N4OS/c26-21(18-13-15-7-3-4-9-17(15)27-18)24-11-6-8-16(14-24)20-23-22-19-10-2-1-5-12-25(19)20/h3-4,7,9,13,16H,1-2,5-6,8,10-12,14H2. The topological polar surface area (TPSA) is 51.0 Å². The van der Waals surface area contributed by atoms with Crippen LogP contribution in [0.4, 0.5) is 0 Å². The number of nitrogens with zero attached hydrogens (tertiary/aromatic N) is 4. The van der Waals surface area contributed by atoms with Crippen molar-refractivity contribution in [2.45, 2.75) is 51.0 Å². The molecule has 5 nitrogen and oxygen atoms in total. The van der Waals surface area contributed by atoms with Crippen molar-refractivity contribution in [2.24, 2.45) is 0 Å². The van der Waals surface area contributed by atoms with Crippen molar-refractivity contribution < 1.29 is 4.79 Å². The van der Waals surface area contributed by atoms with E-state index in [1.807, 2.05) is 23.1 Å². The summed E-state index contributed by atoms with van der Waals surface area (Å²) < 4.78 is 3.52. The fourth-order valence-corrected chi connectivity index (χ4v) is 5.46. The maximum Gasteiger partial charge on any atom is 0.263 e. The summed E-state index contributed by atoms with van der Waals surface area (Å²) >= 11 is 1.60. The second-order valence-corrected chi connectivity index (χ2v) is 8.76. The van der Waals surface area contributed by atoms with Gasteiger partial charge >= 0.3 is 0 Å². The van der Waals surface area contributed by atoms with Crippen LogP contribution in [-0.4, -0.2) is 38.7 Å². The average molecular weight is 381 g/mol. The molecule has 0 saturated carbocycles. The quantitative estimate of drug-likeness (QED) is 0.668. The number of carbonyl (C=O) groups is 1. The van der Waals surface area contributed by atoms with Crippen LogP contribution in [0.5, 0.6) is 0 Å². The van der Waals surface area contributed by atoms with Crippen LogP contribution >= 0.6 is 11.3 Å². The third-order valence-corrected chi connectivity index (χ3v) is 6.95. The van der Waals surface area contributed by atoms with Crippen LogP contribution in [0.3, 0.4) is 0 Å². The molecule has 6 heteroatoms. The number of aromatic nitrogens is 3. The van der Waals surface area contributed by atoms with Crippen LogP contribution < -0.4 is 0 Å². The number of carbonyl (C=O) groups excluding carboxylic acids is 1. The molecular formula is C21H24N4OS. The first-order valence-electron chi connectivity index (χ1n) is 9.99. The summed E-state index contributed by atoms with van der Waals surface area (Å²) in [6.45, 7) is 2.62. The fourth-order valence-electron chi connectivity index (χ4n) is 4.43. The highest BCUT2D eigenvalue weighted by molar-refractivity contribution is 7.20. The summed E-state index contributed by atoms with van der Waals surface area (Å²) in [5.74, 6) is 2.70. The van der Waals surface area contributed by atoms with Crippen LogP contribution in [0.25, 0.3) is 10.1 Å². The number of aryl methyl sites for hydroxylation is 1. The van der Waals surface area contributed by atoms with E-state index in [0.717, 1.165) is 60.8 Å². The van der Waals surface area contributed by atoms with Gasteiger partial charge in [-0.25, -0.2) is 0 Å². The molecule has 27 heavy (non-hydrogen) atoms. The normalized spacial score (nSPS) is 20.4. The zero-order valence-electron chi connectivity index (χ0n) is 15.4. The first kappa shape index (κ1) is 16.9. The highest BCUT2D eigenvalue weighted by atomic mass is 32.1. The Kier molecular flexibility index (Phi) is 4.44. The molecule has 4 heterocycles. The zero-order chi connectivity index (χ0) is 18.2. The lowest BCUT2D eigenvalue weighted by Gasteiger charge is -2.32.